The molecular formula is C21H20FN5O3S. The van der Waals surface area contributed by atoms with Crippen LogP contribution in [0.5, 0.6) is 0 Å². The van der Waals surface area contributed by atoms with Gasteiger partial charge in [-0.25, -0.2) is 9.37 Å². The number of halogens is 1. The second-order valence-corrected chi connectivity index (χ2v) is 7.97. The van der Waals surface area contributed by atoms with Crippen molar-refractivity contribution in [3.05, 3.63) is 81.4 Å². The van der Waals surface area contributed by atoms with Crippen LogP contribution in [-0.2, 0) is 6.42 Å². The van der Waals surface area contributed by atoms with Crippen LogP contribution in [0, 0.1) is 15.9 Å². The third-order valence-electron chi connectivity index (χ3n) is 5.09. The Hall–Kier alpha value is -3.40. The topological polar surface area (TPSA) is 92.5 Å². The zero-order chi connectivity index (χ0) is 21.8. The summed E-state index contributed by atoms with van der Waals surface area (Å²) in [5.74, 6) is 0.199. The van der Waals surface area contributed by atoms with E-state index in [-0.39, 0.29) is 17.4 Å². The van der Waals surface area contributed by atoms with Gasteiger partial charge in [0.15, 0.2) is 0 Å². The molecule has 0 unspecified atom stereocenters. The largest absolute Gasteiger partial charge is 0.345 e. The molecule has 2 heterocycles. The van der Waals surface area contributed by atoms with E-state index in [2.05, 4.69) is 14.3 Å². The highest BCUT2D eigenvalue weighted by Crippen LogP contribution is 2.22. The lowest BCUT2D eigenvalue weighted by molar-refractivity contribution is -0.384. The summed E-state index contributed by atoms with van der Waals surface area (Å²) < 4.78 is 17.5. The number of carbonyl (C=O) groups is 1. The fraction of sp³-hybridized carbons (Fsp3) is 0.286. The molecule has 0 atom stereocenters. The SMILES string of the molecule is O=C(c1cccc([N+](=O)[O-])c1)N1CCCN(c2nc(Cc3ccc(F)cc3)ns2)CC1. The number of nitro benzene ring substituents is 1. The molecule has 0 aliphatic carbocycles. The van der Waals surface area contributed by atoms with Crippen molar-refractivity contribution in [2.45, 2.75) is 12.8 Å². The van der Waals surface area contributed by atoms with Crippen molar-refractivity contribution in [2.75, 3.05) is 31.1 Å². The van der Waals surface area contributed by atoms with Gasteiger partial charge in [0.25, 0.3) is 11.6 Å². The van der Waals surface area contributed by atoms with Gasteiger partial charge in [-0.2, -0.15) is 4.37 Å². The number of rotatable bonds is 5. The Kier molecular flexibility index (Phi) is 6.17. The van der Waals surface area contributed by atoms with E-state index < -0.39 is 4.92 Å². The Bertz CT molecular complexity index is 1090. The van der Waals surface area contributed by atoms with E-state index in [0.29, 0.717) is 37.4 Å². The van der Waals surface area contributed by atoms with Crippen molar-refractivity contribution in [2.24, 2.45) is 0 Å². The van der Waals surface area contributed by atoms with Crippen molar-refractivity contribution in [3.8, 4) is 0 Å². The number of aromatic nitrogens is 2. The zero-order valence-corrected chi connectivity index (χ0v) is 17.4. The molecule has 31 heavy (non-hydrogen) atoms. The van der Waals surface area contributed by atoms with Gasteiger partial charge in [-0.1, -0.05) is 18.2 Å². The van der Waals surface area contributed by atoms with Crippen LogP contribution in [0.15, 0.2) is 48.5 Å². The summed E-state index contributed by atoms with van der Waals surface area (Å²) in [6.07, 6.45) is 1.29. The number of carbonyl (C=O) groups excluding carboxylic acids is 1. The Morgan fingerprint density at radius 3 is 2.71 bits per heavy atom. The van der Waals surface area contributed by atoms with E-state index in [1.807, 2.05) is 0 Å². The monoisotopic (exact) mass is 441 g/mol. The third-order valence-corrected chi connectivity index (χ3v) is 5.91. The van der Waals surface area contributed by atoms with E-state index in [4.69, 9.17) is 0 Å². The molecule has 10 heteroatoms. The molecule has 0 saturated carbocycles. The summed E-state index contributed by atoms with van der Waals surface area (Å²) in [6, 6.07) is 12.1. The van der Waals surface area contributed by atoms with Gasteiger partial charge in [-0.15, -0.1) is 0 Å². The smallest absolute Gasteiger partial charge is 0.270 e. The van der Waals surface area contributed by atoms with Crippen LogP contribution in [0.1, 0.15) is 28.2 Å². The Labute approximate surface area is 182 Å². The maximum absolute atomic E-state index is 13.1. The number of benzene rings is 2. The minimum Gasteiger partial charge on any atom is -0.345 e. The Balaban J connectivity index is 1.39. The number of amides is 1. The van der Waals surface area contributed by atoms with Crippen molar-refractivity contribution < 1.29 is 14.1 Å². The van der Waals surface area contributed by atoms with Gasteiger partial charge in [-0.05, 0) is 30.2 Å². The number of hydrogen-bond acceptors (Lipinski definition) is 7. The molecule has 160 valence electrons. The number of nitrogens with zero attached hydrogens (tertiary/aromatic N) is 5. The van der Waals surface area contributed by atoms with Gasteiger partial charge >= 0.3 is 0 Å². The van der Waals surface area contributed by atoms with Crippen LogP contribution in [0.2, 0.25) is 0 Å². The van der Waals surface area contributed by atoms with Gasteiger partial charge in [0, 0.05) is 61.8 Å². The molecule has 1 saturated heterocycles. The summed E-state index contributed by atoms with van der Waals surface area (Å²) in [6.45, 7) is 2.41. The number of nitro groups is 1. The summed E-state index contributed by atoms with van der Waals surface area (Å²) in [7, 11) is 0. The summed E-state index contributed by atoms with van der Waals surface area (Å²) in [4.78, 5) is 31.8. The maximum Gasteiger partial charge on any atom is 0.270 e. The fourth-order valence-electron chi connectivity index (χ4n) is 3.48. The normalized spacial score (nSPS) is 14.4. The van der Waals surface area contributed by atoms with Gasteiger partial charge in [0.2, 0.25) is 5.13 Å². The molecule has 1 amide bonds. The second kappa shape index (κ2) is 9.17. The number of non-ortho nitro benzene ring substituents is 1. The van der Waals surface area contributed by atoms with Crippen LogP contribution >= 0.6 is 11.5 Å². The van der Waals surface area contributed by atoms with Crippen molar-refractivity contribution in [3.63, 3.8) is 0 Å². The number of anilines is 1. The lowest BCUT2D eigenvalue weighted by atomic mass is 10.1. The summed E-state index contributed by atoms with van der Waals surface area (Å²) >= 11 is 1.31. The summed E-state index contributed by atoms with van der Waals surface area (Å²) in [5.41, 5.74) is 1.17. The first-order chi connectivity index (χ1) is 15.0. The Morgan fingerprint density at radius 2 is 1.94 bits per heavy atom. The fourth-order valence-corrected chi connectivity index (χ4v) is 4.21. The first-order valence-corrected chi connectivity index (χ1v) is 10.6. The first-order valence-electron chi connectivity index (χ1n) is 9.85. The Morgan fingerprint density at radius 1 is 1.13 bits per heavy atom. The number of hydrogen-bond donors (Lipinski definition) is 0. The molecule has 3 aromatic rings. The van der Waals surface area contributed by atoms with Gasteiger partial charge in [0.05, 0.1) is 4.92 Å². The highest BCUT2D eigenvalue weighted by Gasteiger charge is 2.23. The molecule has 1 aromatic heterocycles. The molecular weight excluding hydrogens is 421 g/mol. The average Bonchev–Trinajstić information content (AvgIpc) is 3.09. The minimum atomic E-state index is -0.500. The molecule has 1 aliphatic heterocycles. The molecule has 0 radical (unpaired) electrons. The van der Waals surface area contributed by atoms with E-state index in [1.54, 1.807) is 23.1 Å². The molecule has 0 spiro atoms. The van der Waals surface area contributed by atoms with E-state index >= 15 is 0 Å². The molecule has 0 N–H and O–H groups in total. The molecule has 1 aliphatic rings. The van der Waals surface area contributed by atoms with Gasteiger partial charge in [-0.3, -0.25) is 14.9 Å². The van der Waals surface area contributed by atoms with Crippen LogP contribution in [0.4, 0.5) is 15.2 Å². The highest BCUT2D eigenvalue weighted by molar-refractivity contribution is 7.09. The van der Waals surface area contributed by atoms with Crippen LogP contribution in [-0.4, -0.2) is 51.3 Å². The van der Waals surface area contributed by atoms with Gasteiger partial charge in [0.1, 0.15) is 11.6 Å². The molecule has 8 nitrogen and oxygen atoms in total. The minimum absolute atomic E-state index is 0.0927. The summed E-state index contributed by atoms with van der Waals surface area (Å²) in [5, 5.41) is 11.8. The highest BCUT2D eigenvalue weighted by atomic mass is 32.1. The molecule has 0 bridgehead atoms. The predicted molar refractivity (Wildman–Crippen MR) is 115 cm³/mol. The standard InChI is InChI=1S/C21H20FN5O3S/c22-17-7-5-15(6-8-17)13-19-23-21(31-24-19)26-10-2-9-25(11-12-26)20(28)16-3-1-4-18(14-16)27(29)30/h1,3-8,14H,2,9-13H2. The third kappa shape index (κ3) is 5.02. The van der Waals surface area contributed by atoms with Crippen molar-refractivity contribution >= 4 is 28.3 Å². The average molecular weight is 441 g/mol. The first kappa shape index (κ1) is 20.9. The van der Waals surface area contributed by atoms with Gasteiger partial charge < -0.3 is 9.80 Å². The van der Waals surface area contributed by atoms with Crippen LogP contribution in [0.25, 0.3) is 0 Å². The molecule has 1 fully saturated rings. The quantitative estimate of drug-likeness (QED) is 0.444. The van der Waals surface area contributed by atoms with E-state index in [0.717, 1.165) is 23.7 Å². The molecule has 2 aromatic carbocycles. The van der Waals surface area contributed by atoms with Crippen LogP contribution < -0.4 is 4.90 Å². The van der Waals surface area contributed by atoms with E-state index in [9.17, 15) is 19.3 Å². The van der Waals surface area contributed by atoms with Crippen molar-refractivity contribution in [1.82, 2.24) is 14.3 Å². The zero-order valence-electron chi connectivity index (χ0n) is 16.6. The molecule has 4 rings (SSSR count). The van der Waals surface area contributed by atoms with E-state index in [1.165, 1.54) is 41.9 Å². The van der Waals surface area contributed by atoms with Crippen LogP contribution in [0.3, 0.4) is 0 Å². The van der Waals surface area contributed by atoms with Crippen molar-refractivity contribution in [1.29, 1.82) is 0 Å². The lowest BCUT2D eigenvalue weighted by Gasteiger charge is -2.21. The lowest BCUT2D eigenvalue weighted by Crippen LogP contribution is -2.35. The second-order valence-electron chi connectivity index (χ2n) is 7.24. The maximum atomic E-state index is 13.1. The predicted octanol–water partition coefficient (Wildman–Crippen LogP) is 3.53.